The molecule has 7 aromatic carbocycles. The molecule has 0 unspecified atom stereocenters. The fourth-order valence-corrected chi connectivity index (χ4v) is 7.74. The van der Waals surface area contributed by atoms with Gasteiger partial charge in [0.25, 0.3) is 0 Å². The monoisotopic (exact) mass is 762 g/mol. The number of carbonyl (C=O) groups excluding carboxylic acids is 1. The Kier molecular flexibility index (Phi) is 10.1. The predicted octanol–water partition coefficient (Wildman–Crippen LogP) is 11.8. The van der Waals surface area contributed by atoms with E-state index < -0.39 is 0 Å². The molecule has 0 bridgehead atoms. The highest BCUT2D eigenvalue weighted by molar-refractivity contribution is 5.88. The number of hydrogen-bond acceptors (Lipinski definition) is 2. The van der Waals surface area contributed by atoms with E-state index in [0.29, 0.717) is 0 Å². The van der Waals surface area contributed by atoms with Gasteiger partial charge in [-0.25, -0.2) is 0 Å². The third-order valence-corrected chi connectivity index (χ3v) is 10.6. The fraction of sp³-hybridized carbons (Fsp3) is 0.0185. The Balaban J connectivity index is 1.20. The van der Waals surface area contributed by atoms with Gasteiger partial charge in [0.1, 0.15) is 0 Å². The zero-order valence-corrected chi connectivity index (χ0v) is 32.7. The number of nitrogens with zero attached hydrogens (tertiary/aromatic N) is 2. The van der Waals surface area contributed by atoms with Gasteiger partial charge < -0.3 is 11.1 Å². The molecule has 2 aromatic heterocycles. The highest BCUT2D eigenvalue weighted by Crippen LogP contribution is 2.34. The fourth-order valence-electron chi connectivity index (χ4n) is 7.74. The Morgan fingerprint density at radius 3 is 0.983 bits per heavy atom. The molecule has 0 radical (unpaired) electrons. The molecule has 0 aliphatic rings. The average molecular weight is 763 g/mol. The van der Waals surface area contributed by atoms with Crippen LogP contribution in [0.25, 0.3) is 78.7 Å². The quantitative estimate of drug-likeness (QED) is 0.114. The minimum Gasteiger partial charge on any atom is -0.399 e. The van der Waals surface area contributed by atoms with E-state index in [1.807, 2.05) is 36.4 Å². The van der Waals surface area contributed by atoms with Gasteiger partial charge in [0, 0.05) is 89.1 Å². The summed E-state index contributed by atoms with van der Waals surface area (Å²) in [6, 6.07) is 76.3. The molecule has 5 nitrogen and oxygen atoms in total. The van der Waals surface area contributed by atoms with E-state index in [1.165, 1.54) is 6.92 Å². The maximum absolute atomic E-state index is 11.8. The Bertz CT molecular complexity index is 2760. The Morgan fingerprint density at radius 2 is 0.678 bits per heavy atom. The molecule has 3 N–H and O–H groups in total. The van der Waals surface area contributed by atoms with Gasteiger partial charge >= 0.3 is 0 Å². The summed E-state index contributed by atoms with van der Waals surface area (Å²) in [5.74, 6) is -0.0990. The van der Waals surface area contributed by atoms with Crippen molar-refractivity contribution < 1.29 is 13.9 Å². The lowest BCUT2D eigenvalue weighted by molar-refractivity contribution is -0.572. The predicted molar refractivity (Wildman–Crippen MR) is 241 cm³/mol. The van der Waals surface area contributed by atoms with Gasteiger partial charge in [0.15, 0.2) is 0 Å². The zero-order chi connectivity index (χ0) is 40.1. The van der Waals surface area contributed by atoms with Crippen LogP contribution in [0.2, 0.25) is 0 Å². The van der Waals surface area contributed by atoms with E-state index in [0.717, 1.165) is 90.0 Å². The highest BCUT2D eigenvalue weighted by Gasteiger charge is 2.27. The highest BCUT2D eigenvalue weighted by atomic mass is 16.1. The number of hydrogen-bond donors (Lipinski definition) is 2. The van der Waals surface area contributed by atoms with E-state index in [4.69, 9.17) is 5.73 Å². The second-order valence-corrected chi connectivity index (χ2v) is 14.6. The molecule has 0 spiro atoms. The van der Waals surface area contributed by atoms with Crippen LogP contribution >= 0.6 is 0 Å². The van der Waals surface area contributed by atoms with Gasteiger partial charge in [-0.3, -0.25) is 4.79 Å². The number of aromatic nitrogens is 2. The van der Waals surface area contributed by atoms with E-state index in [1.54, 1.807) is 0 Å². The van der Waals surface area contributed by atoms with Gasteiger partial charge in [0.05, 0.1) is 0 Å². The van der Waals surface area contributed by atoms with Crippen molar-refractivity contribution in [3.63, 3.8) is 0 Å². The first-order valence-corrected chi connectivity index (χ1v) is 19.8. The lowest BCUT2D eigenvalue weighted by Gasteiger charge is -2.14. The van der Waals surface area contributed by atoms with Gasteiger partial charge in [-0.05, 0) is 95.1 Å². The topological polar surface area (TPSA) is 62.9 Å². The second kappa shape index (κ2) is 16.3. The summed E-state index contributed by atoms with van der Waals surface area (Å²) >= 11 is 0. The molecule has 282 valence electrons. The van der Waals surface area contributed by atoms with Crippen LogP contribution in [0.3, 0.4) is 0 Å². The maximum Gasteiger partial charge on any atom is 0.221 e. The van der Waals surface area contributed by atoms with Crippen molar-refractivity contribution in [3.05, 3.63) is 218 Å². The summed E-state index contributed by atoms with van der Waals surface area (Å²) in [7, 11) is 0. The first-order valence-electron chi connectivity index (χ1n) is 19.8. The van der Waals surface area contributed by atoms with Crippen LogP contribution in [0, 0.1) is 0 Å². The number of nitrogens with one attached hydrogen (secondary N) is 1. The van der Waals surface area contributed by atoms with E-state index in [9.17, 15) is 4.79 Å². The number of carbonyl (C=O) groups is 1. The largest absolute Gasteiger partial charge is 0.399 e. The number of pyridine rings is 2. The molecule has 1 amide bonds. The lowest BCUT2D eigenvalue weighted by atomic mass is 9.95. The van der Waals surface area contributed by atoms with Gasteiger partial charge in [-0.15, -0.1) is 0 Å². The van der Waals surface area contributed by atoms with Crippen molar-refractivity contribution in [3.8, 4) is 78.7 Å². The molecule has 9 aromatic rings. The molecular formula is C54H42N4O+2. The first-order chi connectivity index (χ1) is 29.0. The maximum atomic E-state index is 11.8. The van der Waals surface area contributed by atoms with Gasteiger partial charge in [-0.2, -0.15) is 9.13 Å². The van der Waals surface area contributed by atoms with Crippen LogP contribution in [0.1, 0.15) is 6.92 Å². The third-order valence-electron chi connectivity index (χ3n) is 10.6. The van der Waals surface area contributed by atoms with E-state index >= 15 is 0 Å². The van der Waals surface area contributed by atoms with Crippen molar-refractivity contribution in [1.82, 2.24) is 0 Å². The number of nitrogen functional groups attached to an aromatic ring is 1. The molecule has 59 heavy (non-hydrogen) atoms. The van der Waals surface area contributed by atoms with E-state index in [2.05, 4.69) is 196 Å². The summed E-state index contributed by atoms with van der Waals surface area (Å²) in [5.41, 5.74) is 22.8. The minimum absolute atomic E-state index is 0.0990. The number of anilines is 2. The number of amides is 1. The van der Waals surface area contributed by atoms with Crippen LogP contribution < -0.4 is 20.2 Å². The number of benzene rings is 7. The van der Waals surface area contributed by atoms with Crippen molar-refractivity contribution in [2.45, 2.75) is 6.92 Å². The van der Waals surface area contributed by atoms with Crippen molar-refractivity contribution in [2.24, 2.45) is 0 Å². The first kappa shape index (κ1) is 36.7. The van der Waals surface area contributed by atoms with Crippen LogP contribution in [0.4, 0.5) is 11.4 Å². The summed E-state index contributed by atoms with van der Waals surface area (Å²) in [4.78, 5) is 11.8. The Hall–Kier alpha value is -7.89. The summed E-state index contributed by atoms with van der Waals surface area (Å²) in [6.07, 6.45) is 0. The molecule has 9 rings (SSSR count). The molecule has 0 saturated heterocycles. The smallest absolute Gasteiger partial charge is 0.221 e. The molecule has 5 heteroatoms. The SMILES string of the molecule is CC(=O)Nc1ccc(-[n+]2c(-c3ccccc3)cc(-c3ccc(-c4cc(-c5ccccc5)[n+](-c5ccc(N)cc5)c(-c5ccccc5)c4)cc3)cc2-c2ccccc2)cc1. The molecule has 0 saturated carbocycles. The summed E-state index contributed by atoms with van der Waals surface area (Å²) < 4.78 is 4.63. The number of nitrogens with two attached hydrogens (primary N) is 1. The third kappa shape index (κ3) is 7.78. The molecule has 0 aliphatic heterocycles. The standard InChI is InChI=1S/C54H40N4O/c1-38(59)56-48-28-32-50(33-29-48)58-53(43-18-10-4-11-19-43)36-46(37-54(58)44-20-12-5-13-21-44)40-24-22-39(23-25-40)45-34-51(41-14-6-2-7-15-41)57(49-30-26-47(55)27-31-49)52(35-45)42-16-8-3-9-17-42/h2-37,55H,1H3/p+2. The Labute approximate surface area is 345 Å². The minimum atomic E-state index is -0.0990. The van der Waals surface area contributed by atoms with Crippen molar-refractivity contribution >= 4 is 17.3 Å². The zero-order valence-electron chi connectivity index (χ0n) is 32.7. The summed E-state index contributed by atoms with van der Waals surface area (Å²) in [6.45, 7) is 1.52. The number of rotatable bonds is 9. The molecule has 0 fully saturated rings. The van der Waals surface area contributed by atoms with E-state index in [-0.39, 0.29) is 5.91 Å². The Morgan fingerprint density at radius 1 is 0.373 bits per heavy atom. The average Bonchev–Trinajstić information content (AvgIpc) is 3.30. The van der Waals surface area contributed by atoms with Gasteiger partial charge in [-0.1, -0.05) is 97.1 Å². The van der Waals surface area contributed by atoms with Gasteiger partial charge in [0.2, 0.25) is 40.1 Å². The normalized spacial score (nSPS) is 10.9. The van der Waals surface area contributed by atoms with Crippen LogP contribution in [-0.2, 0) is 4.79 Å². The molecule has 2 heterocycles. The second-order valence-electron chi connectivity index (χ2n) is 14.6. The van der Waals surface area contributed by atoms with Crippen molar-refractivity contribution in [2.75, 3.05) is 11.1 Å². The lowest BCUT2D eigenvalue weighted by Crippen LogP contribution is -2.36. The molecule has 0 aliphatic carbocycles. The molecule has 0 atom stereocenters. The summed E-state index contributed by atoms with van der Waals surface area (Å²) in [5, 5.41) is 2.90. The van der Waals surface area contributed by atoms with Crippen LogP contribution in [-0.4, -0.2) is 5.91 Å². The van der Waals surface area contributed by atoms with Crippen molar-refractivity contribution in [1.29, 1.82) is 0 Å². The van der Waals surface area contributed by atoms with Crippen LogP contribution in [0.15, 0.2) is 218 Å². The molecular weight excluding hydrogens is 721 g/mol. The van der Waals surface area contributed by atoms with Crippen LogP contribution in [0.5, 0.6) is 0 Å².